The van der Waals surface area contributed by atoms with E-state index in [0.717, 1.165) is 17.0 Å². The van der Waals surface area contributed by atoms with Gasteiger partial charge in [-0.2, -0.15) is 0 Å². The molecule has 0 aliphatic heterocycles. The van der Waals surface area contributed by atoms with E-state index in [-0.39, 0.29) is 0 Å². The second kappa shape index (κ2) is 4.45. The summed E-state index contributed by atoms with van der Waals surface area (Å²) in [6, 6.07) is 6.79. The molecule has 0 aliphatic rings. The van der Waals surface area contributed by atoms with Crippen LogP contribution >= 0.6 is 11.3 Å². The van der Waals surface area contributed by atoms with Crippen molar-refractivity contribution in [3.05, 3.63) is 40.9 Å². The topological polar surface area (TPSA) is 50.2 Å². The second-order valence-corrected chi connectivity index (χ2v) is 4.48. The van der Waals surface area contributed by atoms with Gasteiger partial charge in [0, 0.05) is 16.6 Å². The van der Waals surface area contributed by atoms with Crippen molar-refractivity contribution < 1.29 is 9.90 Å². The van der Waals surface area contributed by atoms with Gasteiger partial charge in [0.15, 0.2) is 0 Å². The van der Waals surface area contributed by atoms with Crippen molar-refractivity contribution in [2.75, 3.05) is 0 Å². The number of hydrogen-bond acceptors (Lipinski definition) is 3. The van der Waals surface area contributed by atoms with Gasteiger partial charge in [-0.05, 0) is 18.6 Å². The number of carboxylic acids is 1. The minimum absolute atomic E-state index is 0.302. The molecular formula is C12H11NO2S. The van der Waals surface area contributed by atoms with Gasteiger partial charge in [-0.25, -0.2) is 9.78 Å². The number of benzene rings is 1. The molecule has 2 rings (SSSR count). The van der Waals surface area contributed by atoms with Gasteiger partial charge in [-0.3, -0.25) is 0 Å². The standard InChI is InChI=1S/C12H11NO2S/c1-2-10-7-13-11(16-10)8-3-5-9(6-4-8)12(14)15/h3-7H,2H2,1H3,(H,14,15). The highest BCUT2D eigenvalue weighted by Crippen LogP contribution is 2.25. The van der Waals surface area contributed by atoms with Crippen LogP contribution in [-0.4, -0.2) is 16.1 Å². The first kappa shape index (κ1) is 10.8. The van der Waals surface area contributed by atoms with Crippen LogP contribution in [0.25, 0.3) is 10.6 Å². The Bertz CT molecular complexity index is 502. The SMILES string of the molecule is CCc1cnc(-c2ccc(C(=O)O)cc2)s1. The number of aromatic nitrogens is 1. The van der Waals surface area contributed by atoms with Crippen molar-refractivity contribution in [2.45, 2.75) is 13.3 Å². The van der Waals surface area contributed by atoms with Crippen molar-refractivity contribution >= 4 is 17.3 Å². The number of aromatic carboxylic acids is 1. The Morgan fingerprint density at radius 3 is 2.56 bits per heavy atom. The molecule has 0 saturated carbocycles. The van der Waals surface area contributed by atoms with Crippen LogP contribution in [0.1, 0.15) is 22.2 Å². The largest absolute Gasteiger partial charge is 0.478 e. The lowest BCUT2D eigenvalue weighted by atomic mass is 10.1. The number of thiazole rings is 1. The molecule has 4 heteroatoms. The van der Waals surface area contributed by atoms with Gasteiger partial charge in [-0.15, -0.1) is 11.3 Å². The Kier molecular flexibility index (Phi) is 3.01. The smallest absolute Gasteiger partial charge is 0.335 e. The monoisotopic (exact) mass is 233 g/mol. The summed E-state index contributed by atoms with van der Waals surface area (Å²) in [5, 5.41) is 9.71. The normalized spacial score (nSPS) is 10.3. The van der Waals surface area contributed by atoms with Gasteiger partial charge in [0.1, 0.15) is 5.01 Å². The van der Waals surface area contributed by atoms with Crippen LogP contribution in [0.5, 0.6) is 0 Å². The third kappa shape index (κ3) is 2.12. The van der Waals surface area contributed by atoms with Gasteiger partial charge < -0.3 is 5.11 Å². The molecule has 0 saturated heterocycles. The van der Waals surface area contributed by atoms with E-state index in [4.69, 9.17) is 5.11 Å². The maximum Gasteiger partial charge on any atom is 0.335 e. The van der Waals surface area contributed by atoms with E-state index < -0.39 is 5.97 Å². The molecule has 0 atom stereocenters. The fraction of sp³-hybridized carbons (Fsp3) is 0.167. The minimum Gasteiger partial charge on any atom is -0.478 e. The molecule has 2 aromatic rings. The van der Waals surface area contributed by atoms with E-state index in [0.29, 0.717) is 5.56 Å². The number of rotatable bonds is 3. The van der Waals surface area contributed by atoms with Crippen molar-refractivity contribution in [3.8, 4) is 10.6 Å². The van der Waals surface area contributed by atoms with E-state index >= 15 is 0 Å². The highest BCUT2D eigenvalue weighted by Gasteiger charge is 2.06. The first-order valence-corrected chi connectivity index (χ1v) is 5.80. The predicted molar refractivity (Wildman–Crippen MR) is 63.9 cm³/mol. The lowest BCUT2D eigenvalue weighted by Gasteiger charge is -1.97. The molecule has 1 heterocycles. The Balaban J connectivity index is 2.30. The van der Waals surface area contributed by atoms with Crippen molar-refractivity contribution in [2.24, 2.45) is 0 Å². The summed E-state index contributed by atoms with van der Waals surface area (Å²) in [5.41, 5.74) is 1.27. The quantitative estimate of drug-likeness (QED) is 0.886. The first-order valence-electron chi connectivity index (χ1n) is 4.99. The Labute approximate surface area is 97.4 Å². The maximum atomic E-state index is 10.7. The van der Waals surface area contributed by atoms with E-state index in [2.05, 4.69) is 11.9 Å². The first-order chi connectivity index (χ1) is 7.70. The van der Waals surface area contributed by atoms with E-state index in [1.165, 1.54) is 4.88 Å². The summed E-state index contributed by atoms with van der Waals surface area (Å²) >= 11 is 1.64. The minimum atomic E-state index is -0.903. The molecule has 0 radical (unpaired) electrons. The molecule has 0 bridgehead atoms. The maximum absolute atomic E-state index is 10.7. The van der Waals surface area contributed by atoms with Gasteiger partial charge in [0.05, 0.1) is 5.56 Å². The fourth-order valence-corrected chi connectivity index (χ4v) is 2.22. The molecule has 1 aromatic carbocycles. The van der Waals surface area contributed by atoms with E-state index in [1.807, 2.05) is 6.20 Å². The number of carboxylic acid groups (broad SMARTS) is 1. The fourth-order valence-electron chi connectivity index (χ4n) is 1.36. The molecule has 0 unspecified atom stereocenters. The second-order valence-electron chi connectivity index (χ2n) is 3.37. The number of carbonyl (C=O) groups is 1. The van der Waals surface area contributed by atoms with E-state index in [1.54, 1.807) is 35.6 Å². The summed E-state index contributed by atoms with van der Waals surface area (Å²) in [4.78, 5) is 16.2. The summed E-state index contributed by atoms with van der Waals surface area (Å²) in [5.74, 6) is -0.903. The molecule has 1 aromatic heterocycles. The number of hydrogen-bond donors (Lipinski definition) is 1. The van der Waals surface area contributed by atoms with Gasteiger partial charge >= 0.3 is 5.97 Å². The van der Waals surface area contributed by atoms with Crippen molar-refractivity contribution in [1.29, 1.82) is 0 Å². The van der Waals surface area contributed by atoms with Crippen LogP contribution in [0.4, 0.5) is 0 Å². The van der Waals surface area contributed by atoms with Crippen molar-refractivity contribution in [3.63, 3.8) is 0 Å². The van der Waals surface area contributed by atoms with Crippen LogP contribution in [-0.2, 0) is 6.42 Å². The molecule has 82 valence electrons. The van der Waals surface area contributed by atoms with Crippen LogP contribution in [0.2, 0.25) is 0 Å². The zero-order valence-electron chi connectivity index (χ0n) is 8.80. The van der Waals surface area contributed by atoms with Crippen LogP contribution in [0, 0.1) is 0 Å². The molecule has 0 fully saturated rings. The zero-order chi connectivity index (χ0) is 11.5. The number of aryl methyl sites for hydroxylation is 1. The Morgan fingerprint density at radius 1 is 1.38 bits per heavy atom. The average Bonchev–Trinajstić information content (AvgIpc) is 2.77. The summed E-state index contributed by atoms with van der Waals surface area (Å²) in [6.07, 6.45) is 2.84. The Morgan fingerprint density at radius 2 is 2.06 bits per heavy atom. The Hall–Kier alpha value is -1.68. The molecular weight excluding hydrogens is 222 g/mol. The van der Waals surface area contributed by atoms with Gasteiger partial charge in [0.2, 0.25) is 0 Å². The van der Waals surface area contributed by atoms with Crippen molar-refractivity contribution in [1.82, 2.24) is 4.98 Å². The molecule has 0 spiro atoms. The van der Waals surface area contributed by atoms with Gasteiger partial charge in [0.25, 0.3) is 0 Å². The molecule has 0 amide bonds. The summed E-state index contributed by atoms with van der Waals surface area (Å²) in [6.45, 7) is 2.09. The highest BCUT2D eigenvalue weighted by molar-refractivity contribution is 7.15. The lowest BCUT2D eigenvalue weighted by Crippen LogP contribution is -1.94. The summed E-state index contributed by atoms with van der Waals surface area (Å²) in [7, 11) is 0. The average molecular weight is 233 g/mol. The van der Waals surface area contributed by atoms with Crippen LogP contribution in [0.3, 0.4) is 0 Å². The third-order valence-corrected chi connectivity index (χ3v) is 3.47. The van der Waals surface area contributed by atoms with Crippen LogP contribution in [0.15, 0.2) is 30.5 Å². The lowest BCUT2D eigenvalue weighted by molar-refractivity contribution is 0.0697. The molecule has 0 aliphatic carbocycles. The highest BCUT2D eigenvalue weighted by atomic mass is 32.1. The van der Waals surface area contributed by atoms with Gasteiger partial charge in [-0.1, -0.05) is 19.1 Å². The molecule has 16 heavy (non-hydrogen) atoms. The molecule has 1 N–H and O–H groups in total. The number of nitrogens with zero attached hydrogens (tertiary/aromatic N) is 1. The van der Waals surface area contributed by atoms with Crippen LogP contribution < -0.4 is 0 Å². The molecule has 3 nitrogen and oxygen atoms in total. The summed E-state index contributed by atoms with van der Waals surface area (Å²) < 4.78 is 0. The third-order valence-electron chi connectivity index (χ3n) is 2.28. The van der Waals surface area contributed by atoms with E-state index in [9.17, 15) is 4.79 Å². The zero-order valence-corrected chi connectivity index (χ0v) is 9.62. The predicted octanol–water partition coefficient (Wildman–Crippen LogP) is 3.07.